The number of methoxy groups -OCH3 is 1. The number of carbonyl (C=O) groups excluding carboxylic acids is 1. The molecule has 0 aliphatic carbocycles. The van der Waals surface area contributed by atoms with Gasteiger partial charge in [-0.05, 0) is 31.0 Å². The highest BCUT2D eigenvalue weighted by molar-refractivity contribution is 5.92. The van der Waals surface area contributed by atoms with Crippen LogP contribution in [0, 0.1) is 0 Å². The van der Waals surface area contributed by atoms with Crippen molar-refractivity contribution in [2.24, 2.45) is 0 Å². The van der Waals surface area contributed by atoms with Crippen LogP contribution in [0.1, 0.15) is 25.2 Å². The quantitative estimate of drug-likeness (QED) is 0.888. The Bertz CT molecular complexity index is 620. The van der Waals surface area contributed by atoms with Gasteiger partial charge in [0.1, 0.15) is 12.3 Å². The molecule has 1 aromatic heterocycles. The summed E-state index contributed by atoms with van der Waals surface area (Å²) in [6.07, 6.45) is 1.73. The molecule has 5 nitrogen and oxygen atoms in total. The van der Waals surface area contributed by atoms with Crippen molar-refractivity contribution in [2.75, 3.05) is 12.4 Å². The van der Waals surface area contributed by atoms with E-state index in [0.717, 1.165) is 24.2 Å². The van der Waals surface area contributed by atoms with Crippen LogP contribution in [0.5, 0.6) is 5.75 Å². The lowest BCUT2D eigenvalue weighted by Gasteiger charge is -2.10. The van der Waals surface area contributed by atoms with E-state index < -0.39 is 0 Å². The second-order valence-electron chi connectivity index (χ2n) is 4.74. The number of nitrogens with zero attached hydrogens (tertiary/aromatic N) is 2. The minimum absolute atomic E-state index is 0.111. The van der Waals surface area contributed by atoms with Crippen molar-refractivity contribution < 1.29 is 9.53 Å². The average Bonchev–Trinajstić information content (AvgIpc) is 2.89. The highest BCUT2D eigenvalue weighted by atomic mass is 16.5. The number of benzene rings is 1. The van der Waals surface area contributed by atoms with Crippen molar-refractivity contribution >= 4 is 11.6 Å². The van der Waals surface area contributed by atoms with Gasteiger partial charge in [0.2, 0.25) is 5.91 Å². The Hall–Kier alpha value is -2.30. The second-order valence-corrected chi connectivity index (χ2v) is 4.74. The zero-order valence-electron chi connectivity index (χ0n) is 12.7. The number of carbonyl (C=O) groups is 1. The molecule has 0 aliphatic heterocycles. The molecule has 0 bridgehead atoms. The van der Waals surface area contributed by atoms with E-state index in [1.54, 1.807) is 11.8 Å². The van der Waals surface area contributed by atoms with Crippen LogP contribution in [0.15, 0.2) is 30.3 Å². The van der Waals surface area contributed by atoms with E-state index >= 15 is 0 Å². The van der Waals surface area contributed by atoms with Gasteiger partial charge in [-0.15, -0.1) is 0 Å². The van der Waals surface area contributed by atoms with Crippen molar-refractivity contribution in [3.8, 4) is 5.75 Å². The fourth-order valence-corrected chi connectivity index (χ4v) is 2.18. The Labute approximate surface area is 124 Å². The van der Waals surface area contributed by atoms with Crippen LogP contribution >= 0.6 is 0 Å². The van der Waals surface area contributed by atoms with Gasteiger partial charge in [-0.1, -0.05) is 26.0 Å². The molecular formula is C16H21N3O2. The van der Waals surface area contributed by atoms with E-state index in [2.05, 4.69) is 30.3 Å². The number of ether oxygens (including phenoxy) is 1. The molecule has 0 saturated carbocycles. The summed E-state index contributed by atoms with van der Waals surface area (Å²) >= 11 is 0. The first-order valence-corrected chi connectivity index (χ1v) is 7.16. The van der Waals surface area contributed by atoms with Gasteiger partial charge in [-0.3, -0.25) is 9.48 Å². The molecule has 2 rings (SSSR count). The number of amides is 1. The Balaban J connectivity index is 2.09. The molecule has 1 N–H and O–H groups in total. The zero-order valence-corrected chi connectivity index (χ0v) is 12.7. The number of aromatic nitrogens is 2. The largest absolute Gasteiger partial charge is 0.495 e. The van der Waals surface area contributed by atoms with Gasteiger partial charge in [-0.2, -0.15) is 5.10 Å². The molecule has 0 saturated heterocycles. The first kappa shape index (κ1) is 15.1. The number of rotatable bonds is 6. The van der Waals surface area contributed by atoms with E-state index in [1.165, 1.54) is 0 Å². The molecule has 5 heteroatoms. The summed E-state index contributed by atoms with van der Waals surface area (Å²) in [6.45, 7) is 4.33. The van der Waals surface area contributed by atoms with Crippen molar-refractivity contribution in [1.29, 1.82) is 0 Å². The predicted octanol–water partition coefficient (Wildman–Crippen LogP) is 2.66. The number of hydrogen-bond acceptors (Lipinski definition) is 3. The number of aryl methyl sites for hydroxylation is 2. The third-order valence-electron chi connectivity index (χ3n) is 3.31. The minimum atomic E-state index is -0.111. The maximum absolute atomic E-state index is 12.2. The average molecular weight is 287 g/mol. The second kappa shape index (κ2) is 6.92. The molecule has 112 valence electrons. The van der Waals surface area contributed by atoms with Crippen molar-refractivity contribution in [2.45, 2.75) is 33.2 Å². The number of anilines is 1. The predicted molar refractivity (Wildman–Crippen MR) is 82.6 cm³/mol. The summed E-state index contributed by atoms with van der Waals surface area (Å²) < 4.78 is 6.99. The van der Waals surface area contributed by atoms with Crippen molar-refractivity contribution in [1.82, 2.24) is 9.78 Å². The molecule has 1 aromatic carbocycles. The molecule has 0 atom stereocenters. The van der Waals surface area contributed by atoms with Crippen molar-refractivity contribution in [3.63, 3.8) is 0 Å². The Kier molecular flexibility index (Phi) is 4.98. The monoisotopic (exact) mass is 287 g/mol. The third-order valence-corrected chi connectivity index (χ3v) is 3.31. The van der Waals surface area contributed by atoms with Crippen LogP contribution in [-0.4, -0.2) is 22.8 Å². The van der Waals surface area contributed by atoms with E-state index in [9.17, 15) is 4.79 Å². The van der Waals surface area contributed by atoms with Crippen molar-refractivity contribution in [3.05, 3.63) is 41.7 Å². The van der Waals surface area contributed by atoms with Gasteiger partial charge in [0.15, 0.2) is 0 Å². The van der Waals surface area contributed by atoms with Gasteiger partial charge in [0.25, 0.3) is 0 Å². The summed E-state index contributed by atoms with van der Waals surface area (Å²) in [4.78, 5) is 12.2. The maximum atomic E-state index is 12.2. The first-order chi connectivity index (χ1) is 10.2. The maximum Gasteiger partial charge on any atom is 0.246 e. The fourth-order valence-electron chi connectivity index (χ4n) is 2.18. The van der Waals surface area contributed by atoms with Gasteiger partial charge in [0.05, 0.1) is 18.5 Å². The van der Waals surface area contributed by atoms with Gasteiger partial charge >= 0.3 is 0 Å². The molecule has 0 fully saturated rings. The molecule has 0 radical (unpaired) electrons. The summed E-state index contributed by atoms with van der Waals surface area (Å²) in [5.74, 6) is 0.538. The minimum Gasteiger partial charge on any atom is -0.495 e. The molecule has 0 unspecified atom stereocenters. The number of hydrogen-bond donors (Lipinski definition) is 1. The van der Waals surface area contributed by atoms with Crippen LogP contribution in [0.3, 0.4) is 0 Å². The van der Waals surface area contributed by atoms with E-state index in [-0.39, 0.29) is 12.5 Å². The number of para-hydroxylation sites is 2. The first-order valence-electron chi connectivity index (χ1n) is 7.16. The van der Waals surface area contributed by atoms with E-state index in [1.807, 2.05) is 24.3 Å². The summed E-state index contributed by atoms with van der Waals surface area (Å²) in [5, 5.41) is 7.31. The molecule has 1 amide bonds. The Morgan fingerprint density at radius 1 is 1.29 bits per heavy atom. The van der Waals surface area contributed by atoms with Crippen LogP contribution in [0.25, 0.3) is 0 Å². The molecular weight excluding hydrogens is 266 g/mol. The van der Waals surface area contributed by atoms with E-state index in [0.29, 0.717) is 11.4 Å². The standard InChI is InChI=1S/C16H21N3O2/c1-4-12-10-13(5-2)19(18-12)11-16(20)17-14-8-6-7-9-15(14)21-3/h6-10H,4-5,11H2,1-3H3,(H,17,20). The highest BCUT2D eigenvalue weighted by Crippen LogP contribution is 2.22. The topological polar surface area (TPSA) is 56.2 Å². The van der Waals surface area contributed by atoms with Crippen LogP contribution in [0.4, 0.5) is 5.69 Å². The highest BCUT2D eigenvalue weighted by Gasteiger charge is 2.11. The number of nitrogens with one attached hydrogen (secondary N) is 1. The smallest absolute Gasteiger partial charge is 0.246 e. The van der Waals surface area contributed by atoms with Gasteiger partial charge < -0.3 is 10.1 Å². The van der Waals surface area contributed by atoms with Crippen LogP contribution in [-0.2, 0) is 24.2 Å². The lowest BCUT2D eigenvalue weighted by atomic mass is 10.2. The lowest BCUT2D eigenvalue weighted by molar-refractivity contribution is -0.117. The Morgan fingerprint density at radius 3 is 2.71 bits per heavy atom. The SMILES string of the molecule is CCc1cc(CC)n(CC(=O)Nc2ccccc2OC)n1. The lowest BCUT2D eigenvalue weighted by Crippen LogP contribution is -2.21. The molecule has 1 heterocycles. The summed E-state index contributed by atoms with van der Waals surface area (Å²) in [7, 11) is 1.58. The fraction of sp³-hybridized carbons (Fsp3) is 0.375. The van der Waals surface area contributed by atoms with Crippen LogP contribution < -0.4 is 10.1 Å². The Morgan fingerprint density at radius 2 is 2.05 bits per heavy atom. The summed E-state index contributed by atoms with van der Waals surface area (Å²) in [5.41, 5.74) is 2.75. The molecule has 0 spiro atoms. The van der Waals surface area contributed by atoms with Gasteiger partial charge in [0, 0.05) is 5.69 Å². The van der Waals surface area contributed by atoms with E-state index in [4.69, 9.17) is 4.74 Å². The molecule has 0 aliphatic rings. The normalized spacial score (nSPS) is 10.4. The zero-order chi connectivity index (χ0) is 15.2. The summed E-state index contributed by atoms with van der Waals surface area (Å²) in [6, 6.07) is 9.41. The van der Waals surface area contributed by atoms with Gasteiger partial charge in [-0.25, -0.2) is 0 Å². The third kappa shape index (κ3) is 3.62. The molecule has 21 heavy (non-hydrogen) atoms. The molecule has 2 aromatic rings. The van der Waals surface area contributed by atoms with Crippen LogP contribution in [0.2, 0.25) is 0 Å².